The van der Waals surface area contributed by atoms with Crippen molar-refractivity contribution in [1.82, 2.24) is 4.57 Å². The Kier molecular flexibility index (Phi) is 2.72. The van der Waals surface area contributed by atoms with Crippen LogP contribution >= 0.6 is 0 Å². The Hall–Kier alpha value is -1.29. The van der Waals surface area contributed by atoms with Crippen LogP contribution in [0.1, 0.15) is 17.4 Å². The molecule has 3 N–H and O–H groups in total. The van der Waals surface area contributed by atoms with Gasteiger partial charge in [0, 0.05) is 17.9 Å². The number of carboxylic acid groups (broad SMARTS) is 1. The summed E-state index contributed by atoms with van der Waals surface area (Å²) >= 11 is 0. The van der Waals surface area contributed by atoms with Crippen LogP contribution in [0.25, 0.3) is 0 Å². The molecule has 1 unspecified atom stereocenters. The SMILES string of the molecule is Cc1ccc(C)n1C(CN)C(=O)O. The van der Waals surface area contributed by atoms with Crippen LogP contribution < -0.4 is 5.73 Å². The minimum Gasteiger partial charge on any atom is -0.480 e. The van der Waals surface area contributed by atoms with Crippen molar-refractivity contribution in [1.29, 1.82) is 0 Å². The van der Waals surface area contributed by atoms with E-state index in [0.717, 1.165) is 11.4 Å². The second-order valence-electron chi connectivity index (χ2n) is 3.08. The predicted octanol–water partition coefficient (Wildman–Crippen LogP) is 0.689. The summed E-state index contributed by atoms with van der Waals surface area (Å²) < 4.78 is 1.74. The average Bonchev–Trinajstić information content (AvgIpc) is 2.36. The molecule has 1 heterocycles. The van der Waals surface area contributed by atoms with Crippen molar-refractivity contribution in [2.75, 3.05) is 6.54 Å². The van der Waals surface area contributed by atoms with Gasteiger partial charge in [-0.25, -0.2) is 4.79 Å². The van der Waals surface area contributed by atoms with Gasteiger partial charge in [-0.2, -0.15) is 0 Å². The molecule has 1 aromatic rings. The number of hydrogen-bond donors (Lipinski definition) is 2. The van der Waals surface area contributed by atoms with Crippen molar-refractivity contribution in [2.45, 2.75) is 19.9 Å². The Balaban J connectivity index is 3.10. The van der Waals surface area contributed by atoms with Crippen molar-refractivity contribution in [2.24, 2.45) is 5.73 Å². The van der Waals surface area contributed by atoms with Crippen LogP contribution in [0.2, 0.25) is 0 Å². The molecule has 0 saturated carbocycles. The lowest BCUT2D eigenvalue weighted by atomic mass is 10.2. The van der Waals surface area contributed by atoms with Crippen LogP contribution in [0.3, 0.4) is 0 Å². The van der Waals surface area contributed by atoms with Crippen molar-refractivity contribution in [3.05, 3.63) is 23.5 Å². The van der Waals surface area contributed by atoms with Crippen LogP contribution in [0, 0.1) is 13.8 Å². The second kappa shape index (κ2) is 3.62. The number of aryl methyl sites for hydroxylation is 2. The lowest BCUT2D eigenvalue weighted by Crippen LogP contribution is -2.28. The molecule has 0 saturated heterocycles. The number of nitrogens with two attached hydrogens (primary N) is 1. The zero-order valence-corrected chi connectivity index (χ0v) is 7.82. The summed E-state index contributed by atoms with van der Waals surface area (Å²) in [5.41, 5.74) is 7.25. The minimum absolute atomic E-state index is 0.117. The van der Waals surface area contributed by atoms with Crippen molar-refractivity contribution in [3.63, 3.8) is 0 Å². The molecule has 0 fully saturated rings. The van der Waals surface area contributed by atoms with Gasteiger partial charge < -0.3 is 15.4 Å². The average molecular weight is 182 g/mol. The molecule has 4 heteroatoms. The summed E-state index contributed by atoms with van der Waals surface area (Å²) in [6.07, 6.45) is 0. The summed E-state index contributed by atoms with van der Waals surface area (Å²) in [5.74, 6) is -0.884. The third-order valence-corrected chi connectivity index (χ3v) is 2.15. The smallest absolute Gasteiger partial charge is 0.328 e. The monoisotopic (exact) mass is 182 g/mol. The van der Waals surface area contributed by atoms with E-state index in [4.69, 9.17) is 10.8 Å². The number of aromatic nitrogens is 1. The Morgan fingerprint density at radius 1 is 1.54 bits per heavy atom. The van der Waals surface area contributed by atoms with Gasteiger partial charge in [0.1, 0.15) is 6.04 Å². The van der Waals surface area contributed by atoms with Gasteiger partial charge in [0.15, 0.2) is 0 Å². The number of rotatable bonds is 3. The molecule has 72 valence electrons. The first-order valence-corrected chi connectivity index (χ1v) is 4.15. The lowest BCUT2D eigenvalue weighted by Gasteiger charge is -2.16. The van der Waals surface area contributed by atoms with Gasteiger partial charge in [-0.1, -0.05) is 0 Å². The molecule has 0 aliphatic rings. The highest BCUT2D eigenvalue weighted by atomic mass is 16.4. The van der Waals surface area contributed by atoms with E-state index in [1.807, 2.05) is 26.0 Å². The van der Waals surface area contributed by atoms with E-state index in [0.29, 0.717) is 0 Å². The first-order chi connectivity index (χ1) is 6.07. The minimum atomic E-state index is -0.884. The van der Waals surface area contributed by atoms with E-state index in [1.165, 1.54) is 0 Å². The first-order valence-electron chi connectivity index (χ1n) is 4.15. The molecule has 0 amide bonds. The maximum Gasteiger partial charge on any atom is 0.328 e. The van der Waals surface area contributed by atoms with Crippen LogP contribution in [0.15, 0.2) is 12.1 Å². The van der Waals surface area contributed by atoms with E-state index >= 15 is 0 Å². The number of carboxylic acids is 1. The summed E-state index contributed by atoms with van der Waals surface area (Å²) in [5, 5.41) is 8.89. The molecule has 13 heavy (non-hydrogen) atoms. The normalized spacial score (nSPS) is 12.8. The third-order valence-electron chi connectivity index (χ3n) is 2.15. The van der Waals surface area contributed by atoms with Gasteiger partial charge in [0.2, 0.25) is 0 Å². The highest BCUT2D eigenvalue weighted by Crippen LogP contribution is 2.14. The molecule has 0 radical (unpaired) electrons. The van der Waals surface area contributed by atoms with Gasteiger partial charge in [0.05, 0.1) is 0 Å². The summed E-state index contributed by atoms with van der Waals surface area (Å²) in [6, 6.07) is 3.14. The maximum absolute atomic E-state index is 10.8. The van der Waals surface area contributed by atoms with E-state index in [-0.39, 0.29) is 6.54 Å². The van der Waals surface area contributed by atoms with Crippen LogP contribution in [0.5, 0.6) is 0 Å². The second-order valence-corrected chi connectivity index (χ2v) is 3.08. The Morgan fingerprint density at radius 2 is 2.00 bits per heavy atom. The molecule has 1 aromatic heterocycles. The number of hydrogen-bond acceptors (Lipinski definition) is 2. The van der Waals surface area contributed by atoms with Gasteiger partial charge in [-0.3, -0.25) is 0 Å². The van der Waals surface area contributed by atoms with Crippen LogP contribution in [0.4, 0.5) is 0 Å². The zero-order chi connectivity index (χ0) is 10.0. The number of nitrogens with zero attached hydrogens (tertiary/aromatic N) is 1. The molecule has 0 bridgehead atoms. The fourth-order valence-electron chi connectivity index (χ4n) is 1.49. The van der Waals surface area contributed by atoms with Gasteiger partial charge >= 0.3 is 5.97 Å². The maximum atomic E-state index is 10.8. The Morgan fingerprint density at radius 3 is 2.31 bits per heavy atom. The quantitative estimate of drug-likeness (QED) is 0.722. The molecular formula is C9H14N2O2. The summed E-state index contributed by atoms with van der Waals surface area (Å²) in [4.78, 5) is 10.8. The molecule has 0 spiro atoms. The van der Waals surface area contributed by atoms with Crippen LogP contribution in [-0.4, -0.2) is 22.2 Å². The van der Waals surface area contributed by atoms with Crippen molar-refractivity contribution in [3.8, 4) is 0 Å². The number of aliphatic carboxylic acids is 1. The predicted molar refractivity (Wildman–Crippen MR) is 49.6 cm³/mol. The Labute approximate surface area is 77.0 Å². The fraction of sp³-hybridized carbons (Fsp3) is 0.444. The van der Waals surface area contributed by atoms with E-state index in [2.05, 4.69) is 0 Å². The van der Waals surface area contributed by atoms with Gasteiger partial charge in [-0.15, -0.1) is 0 Å². The van der Waals surface area contributed by atoms with Crippen LogP contribution in [-0.2, 0) is 4.79 Å². The molecule has 1 rings (SSSR count). The highest BCUT2D eigenvalue weighted by molar-refractivity contribution is 5.72. The van der Waals surface area contributed by atoms with Crippen molar-refractivity contribution >= 4 is 5.97 Å². The van der Waals surface area contributed by atoms with E-state index in [9.17, 15) is 4.79 Å². The van der Waals surface area contributed by atoms with E-state index < -0.39 is 12.0 Å². The molecule has 0 aliphatic carbocycles. The van der Waals surface area contributed by atoms with E-state index in [1.54, 1.807) is 4.57 Å². The molecule has 1 atom stereocenters. The lowest BCUT2D eigenvalue weighted by molar-refractivity contribution is -0.140. The number of carbonyl (C=O) groups is 1. The van der Waals surface area contributed by atoms with Gasteiger partial charge in [0.25, 0.3) is 0 Å². The molecule has 0 aliphatic heterocycles. The molecule has 0 aromatic carbocycles. The fourth-order valence-corrected chi connectivity index (χ4v) is 1.49. The molecular weight excluding hydrogens is 168 g/mol. The Bertz CT molecular complexity index is 298. The zero-order valence-electron chi connectivity index (χ0n) is 7.82. The standard InChI is InChI=1S/C9H14N2O2/c1-6-3-4-7(2)11(6)8(5-10)9(12)13/h3-4,8H,5,10H2,1-2H3,(H,12,13). The van der Waals surface area contributed by atoms with Crippen molar-refractivity contribution < 1.29 is 9.90 Å². The molecule has 4 nitrogen and oxygen atoms in total. The van der Waals surface area contributed by atoms with Gasteiger partial charge in [-0.05, 0) is 26.0 Å². The largest absolute Gasteiger partial charge is 0.480 e. The topological polar surface area (TPSA) is 68.2 Å². The third kappa shape index (κ3) is 1.72. The summed E-state index contributed by atoms with van der Waals surface area (Å²) in [6.45, 7) is 3.86. The first kappa shape index (κ1) is 9.80. The highest BCUT2D eigenvalue weighted by Gasteiger charge is 2.19. The summed E-state index contributed by atoms with van der Waals surface area (Å²) in [7, 11) is 0.